The van der Waals surface area contributed by atoms with Gasteiger partial charge < -0.3 is 10.0 Å². The number of carbonyl (C=O) groups excluding carboxylic acids is 1. The van der Waals surface area contributed by atoms with Crippen molar-refractivity contribution in [2.24, 2.45) is 5.92 Å². The number of nitrogens with zero attached hydrogens (tertiary/aromatic N) is 1. The van der Waals surface area contributed by atoms with Crippen molar-refractivity contribution in [3.05, 3.63) is 21.9 Å². The second-order valence-corrected chi connectivity index (χ2v) is 5.85. The van der Waals surface area contributed by atoms with E-state index < -0.39 is 0 Å². The van der Waals surface area contributed by atoms with Crippen molar-refractivity contribution in [3.8, 4) is 11.8 Å². The highest BCUT2D eigenvalue weighted by molar-refractivity contribution is 7.10. The summed E-state index contributed by atoms with van der Waals surface area (Å²) in [6.07, 6.45) is 1.09. The molecule has 1 aromatic heterocycles. The number of carbonyl (C=O) groups is 1. The van der Waals surface area contributed by atoms with Gasteiger partial charge in [-0.3, -0.25) is 4.79 Å². The fourth-order valence-corrected chi connectivity index (χ4v) is 2.37. The highest BCUT2D eigenvalue weighted by Crippen LogP contribution is 2.16. The van der Waals surface area contributed by atoms with Crippen molar-refractivity contribution < 1.29 is 9.90 Å². The fraction of sp³-hybridized carbons (Fsp3) is 0.533. The lowest BCUT2D eigenvalue weighted by Crippen LogP contribution is -2.26. The molecule has 0 saturated heterocycles. The van der Waals surface area contributed by atoms with Gasteiger partial charge in [-0.1, -0.05) is 25.7 Å². The van der Waals surface area contributed by atoms with Gasteiger partial charge in [-0.25, -0.2) is 0 Å². The Balaban J connectivity index is 2.54. The van der Waals surface area contributed by atoms with Crippen LogP contribution >= 0.6 is 11.3 Å². The number of thiophene rings is 1. The SMILES string of the molecule is CC(C)CC(=O)N(C)Cc1csc(C#CCCO)c1. The molecule has 0 aliphatic heterocycles. The van der Waals surface area contributed by atoms with E-state index in [2.05, 4.69) is 11.8 Å². The summed E-state index contributed by atoms with van der Waals surface area (Å²) < 4.78 is 0. The number of aliphatic hydroxyl groups is 1. The van der Waals surface area contributed by atoms with E-state index >= 15 is 0 Å². The molecule has 1 aromatic rings. The maximum Gasteiger partial charge on any atom is 0.222 e. The maximum absolute atomic E-state index is 11.8. The van der Waals surface area contributed by atoms with Crippen LogP contribution in [0.2, 0.25) is 0 Å². The van der Waals surface area contributed by atoms with Gasteiger partial charge in [0.25, 0.3) is 0 Å². The molecule has 0 fully saturated rings. The Hall–Kier alpha value is -1.31. The highest BCUT2D eigenvalue weighted by atomic mass is 32.1. The number of hydrogen-bond donors (Lipinski definition) is 1. The van der Waals surface area contributed by atoms with Crippen molar-refractivity contribution in [1.82, 2.24) is 4.90 Å². The van der Waals surface area contributed by atoms with Gasteiger partial charge in [0, 0.05) is 26.4 Å². The normalized spacial score (nSPS) is 10.2. The molecule has 1 heterocycles. The molecular formula is C15H21NO2S. The van der Waals surface area contributed by atoms with E-state index in [4.69, 9.17) is 5.11 Å². The molecule has 4 heteroatoms. The van der Waals surface area contributed by atoms with Crippen molar-refractivity contribution in [3.63, 3.8) is 0 Å². The molecule has 0 aliphatic carbocycles. The molecule has 0 aliphatic rings. The average molecular weight is 279 g/mol. The molecule has 0 radical (unpaired) electrons. The van der Waals surface area contributed by atoms with E-state index in [-0.39, 0.29) is 12.5 Å². The van der Waals surface area contributed by atoms with E-state index in [1.807, 2.05) is 32.3 Å². The summed E-state index contributed by atoms with van der Waals surface area (Å²) in [5.41, 5.74) is 1.11. The minimum Gasteiger partial charge on any atom is -0.395 e. The van der Waals surface area contributed by atoms with E-state index in [1.165, 1.54) is 0 Å². The first-order valence-electron chi connectivity index (χ1n) is 6.44. The molecule has 0 saturated carbocycles. The Morgan fingerprint density at radius 3 is 2.89 bits per heavy atom. The monoisotopic (exact) mass is 279 g/mol. The van der Waals surface area contributed by atoms with E-state index in [0.717, 1.165) is 10.4 Å². The lowest BCUT2D eigenvalue weighted by atomic mass is 10.1. The number of rotatable bonds is 5. The van der Waals surface area contributed by atoms with E-state index in [0.29, 0.717) is 25.3 Å². The Labute approximate surface area is 119 Å². The lowest BCUT2D eigenvalue weighted by Gasteiger charge is -2.17. The van der Waals surface area contributed by atoms with Gasteiger partial charge in [-0.2, -0.15) is 0 Å². The molecule has 0 atom stereocenters. The summed E-state index contributed by atoms with van der Waals surface area (Å²) in [5, 5.41) is 10.7. The Morgan fingerprint density at radius 1 is 1.53 bits per heavy atom. The van der Waals surface area contributed by atoms with Crippen LogP contribution in [0, 0.1) is 17.8 Å². The second kappa shape index (κ2) is 7.98. The molecule has 19 heavy (non-hydrogen) atoms. The first kappa shape index (κ1) is 15.7. The molecule has 104 valence electrons. The Morgan fingerprint density at radius 2 is 2.26 bits per heavy atom. The molecule has 0 unspecified atom stereocenters. The zero-order valence-corrected chi connectivity index (χ0v) is 12.6. The van der Waals surface area contributed by atoms with Crippen LogP contribution in [-0.4, -0.2) is 29.6 Å². The predicted molar refractivity (Wildman–Crippen MR) is 78.8 cm³/mol. The molecule has 1 rings (SSSR count). The van der Waals surface area contributed by atoms with Crippen LogP contribution in [0.25, 0.3) is 0 Å². The van der Waals surface area contributed by atoms with E-state index in [9.17, 15) is 4.79 Å². The van der Waals surface area contributed by atoms with Crippen LogP contribution in [0.1, 0.15) is 37.1 Å². The quantitative estimate of drug-likeness (QED) is 0.841. The zero-order valence-electron chi connectivity index (χ0n) is 11.8. The lowest BCUT2D eigenvalue weighted by molar-refractivity contribution is -0.131. The Bertz CT molecular complexity index is 468. The van der Waals surface area contributed by atoms with Gasteiger partial charge in [0.1, 0.15) is 0 Å². The van der Waals surface area contributed by atoms with E-state index in [1.54, 1.807) is 16.2 Å². The summed E-state index contributed by atoms with van der Waals surface area (Å²) in [4.78, 5) is 14.6. The summed E-state index contributed by atoms with van der Waals surface area (Å²) in [7, 11) is 1.83. The molecule has 0 aromatic carbocycles. The molecule has 0 spiro atoms. The molecule has 3 nitrogen and oxygen atoms in total. The molecule has 0 bridgehead atoms. The van der Waals surface area contributed by atoms with Crippen LogP contribution in [0.3, 0.4) is 0 Å². The van der Waals surface area contributed by atoms with Crippen LogP contribution in [0.4, 0.5) is 0 Å². The largest absolute Gasteiger partial charge is 0.395 e. The van der Waals surface area contributed by atoms with Gasteiger partial charge in [0.05, 0.1) is 11.5 Å². The third-order valence-electron chi connectivity index (χ3n) is 2.53. The average Bonchev–Trinajstić information content (AvgIpc) is 2.76. The first-order chi connectivity index (χ1) is 9.02. The summed E-state index contributed by atoms with van der Waals surface area (Å²) in [6.45, 7) is 4.82. The molecule has 1 N–H and O–H groups in total. The standard InChI is InChI=1S/C15H21NO2S/c1-12(2)8-15(18)16(3)10-13-9-14(19-11-13)6-4-5-7-17/h9,11-12,17H,5,7-8,10H2,1-3H3. The molecule has 1 amide bonds. The van der Waals surface area contributed by atoms with Gasteiger partial charge in [-0.05, 0) is 22.9 Å². The third-order valence-corrected chi connectivity index (χ3v) is 3.42. The van der Waals surface area contributed by atoms with Crippen molar-refractivity contribution >= 4 is 17.2 Å². The van der Waals surface area contributed by atoms with Gasteiger partial charge in [0.15, 0.2) is 0 Å². The van der Waals surface area contributed by atoms with Crippen molar-refractivity contribution in [2.75, 3.05) is 13.7 Å². The van der Waals surface area contributed by atoms with Crippen LogP contribution < -0.4 is 0 Å². The number of aliphatic hydroxyl groups excluding tert-OH is 1. The van der Waals surface area contributed by atoms with Gasteiger partial charge in [0.2, 0.25) is 5.91 Å². The topological polar surface area (TPSA) is 40.5 Å². The minimum absolute atomic E-state index is 0.0949. The highest BCUT2D eigenvalue weighted by Gasteiger charge is 2.11. The summed E-state index contributed by atoms with van der Waals surface area (Å²) in [5.74, 6) is 6.46. The minimum atomic E-state index is 0.0949. The van der Waals surface area contributed by atoms with Crippen molar-refractivity contribution in [1.29, 1.82) is 0 Å². The fourth-order valence-electron chi connectivity index (χ4n) is 1.60. The summed E-state index contributed by atoms with van der Waals surface area (Å²) >= 11 is 1.57. The predicted octanol–water partition coefficient (Wildman–Crippen LogP) is 2.49. The second-order valence-electron chi connectivity index (χ2n) is 4.94. The van der Waals surface area contributed by atoms with Crippen LogP contribution in [-0.2, 0) is 11.3 Å². The maximum atomic E-state index is 11.8. The molecular weight excluding hydrogens is 258 g/mol. The van der Waals surface area contributed by atoms with Crippen LogP contribution in [0.5, 0.6) is 0 Å². The summed E-state index contributed by atoms with van der Waals surface area (Å²) in [6, 6.07) is 2.01. The third kappa shape index (κ3) is 5.91. The van der Waals surface area contributed by atoms with Gasteiger partial charge in [-0.15, -0.1) is 11.3 Å². The Kier molecular flexibility index (Phi) is 6.61. The smallest absolute Gasteiger partial charge is 0.222 e. The zero-order chi connectivity index (χ0) is 14.3. The van der Waals surface area contributed by atoms with Crippen LogP contribution in [0.15, 0.2) is 11.4 Å². The first-order valence-corrected chi connectivity index (χ1v) is 7.32. The number of hydrogen-bond acceptors (Lipinski definition) is 3. The van der Waals surface area contributed by atoms with Crippen molar-refractivity contribution in [2.45, 2.75) is 33.2 Å². The number of amides is 1. The van der Waals surface area contributed by atoms with Gasteiger partial charge >= 0.3 is 0 Å².